The highest BCUT2D eigenvalue weighted by atomic mass is 16.3. The molecule has 1 amide bonds. The molecule has 0 bridgehead atoms. The maximum atomic E-state index is 11.7. The highest BCUT2D eigenvalue weighted by molar-refractivity contribution is 5.78. The van der Waals surface area contributed by atoms with Crippen molar-refractivity contribution < 1.29 is 9.90 Å². The number of amides is 1. The summed E-state index contributed by atoms with van der Waals surface area (Å²) in [5, 5.41) is 12.0. The fourth-order valence-corrected chi connectivity index (χ4v) is 2.15. The normalized spacial score (nSPS) is 12.3. The molecule has 1 atom stereocenters. The summed E-state index contributed by atoms with van der Waals surface area (Å²) in [7, 11) is 0. The SMILES string of the molecule is CCC(CO)C(=O)NCCc1ccc(C)c(C)c1C. The maximum Gasteiger partial charge on any atom is 0.225 e. The third-order valence-electron chi connectivity index (χ3n) is 3.95. The Hall–Kier alpha value is -1.35. The standard InChI is InChI=1S/C16H25NO2/c1-5-14(10-18)16(19)17-9-8-15-7-6-11(2)12(3)13(15)4/h6-7,14,18H,5,8-10H2,1-4H3,(H,17,19). The van der Waals surface area contributed by atoms with Gasteiger partial charge in [0.2, 0.25) is 5.91 Å². The first kappa shape index (κ1) is 15.7. The van der Waals surface area contributed by atoms with Crippen LogP contribution in [-0.4, -0.2) is 24.2 Å². The van der Waals surface area contributed by atoms with Crippen molar-refractivity contribution in [1.29, 1.82) is 0 Å². The number of aliphatic hydroxyl groups excluding tert-OH is 1. The number of benzene rings is 1. The summed E-state index contributed by atoms with van der Waals surface area (Å²) in [5.41, 5.74) is 5.21. The maximum absolute atomic E-state index is 11.7. The van der Waals surface area contributed by atoms with Gasteiger partial charge in [0.15, 0.2) is 0 Å². The molecule has 0 aliphatic heterocycles. The molecule has 1 aromatic rings. The van der Waals surface area contributed by atoms with Gasteiger partial charge in [-0.2, -0.15) is 0 Å². The number of aryl methyl sites for hydroxylation is 1. The van der Waals surface area contributed by atoms with Gasteiger partial charge >= 0.3 is 0 Å². The van der Waals surface area contributed by atoms with Gasteiger partial charge in [-0.15, -0.1) is 0 Å². The molecule has 0 spiro atoms. The number of carbonyl (C=O) groups excluding carboxylic acids is 1. The molecular formula is C16H25NO2. The van der Waals surface area contributed by atoms with Gasteiger partial charge in [-0.1, -0.05) is 19.1 Å². The molecule has 0 saturated heterocycles. The van der Waals surface area contributed by atoms with E-state index in [0.717, 1.165) is 6.42 Å². The van der Waals surface area contributed by atoms with E-state index < -0.39 is 0 Å². The van der Waals surface area contributed by atoms with Crippen LogP contribution in [0.25, 0.3) is 0 Å². The molecule has 1 rings (SSSR count). The largest absolute Gasteiger partial charge is 0.396 e. The minimum Gasteiger partial charge on any atom is -0.396 e. The summed E-state index contributed by atoms with van der Waals surface area (Å²) in [4.78, 5) is 11.7. The van der Waals surface area contributed by atoms with Crippen LogP contribution in [0.2, 0.25) is 0 Å². The molecule has 19 heavy (non-hydrogen) atoms. The van der Waals surface area contributed by atoms with Crippen molar-refractivity contribution in [2.75, 3.05) is 13.2 Å². The Balaban J connectivity index is 2.54. The van der Waals surface area contributed by atoms with E-state index in [1.165, 1.54) is 22.3 Å². The van der Waals surface area contributed by atoms with Crippen LogP contribution in [0.5, 0.6) is 0 Å². The Labute approximate surface area is 116 Å². The second-order valence-electron chi connectivity index (χ2n) is 5.12. The van der Waals surface area contributed by atoms with Gasteiger partial charge in [-0.3, -0.25) is 4.79 Å². The van der Waals surface area contributed by atoms with Gasteiger partial charge in [0.05, 0.1) is 12.5 Å². The Morgan fingerprint density at radius 1 is 1.26 bits per heavy atom. The first-order valence-electron chi connectivity index (χ1n) is 6.95. The molecule has 1 unspecified atom stereocenters. The summed E-state index contributed by atoms with van der Waals surface area (Å²) >= 11 is 0. The van der Waals surface area contributed by atoms with Crippen LogP contribution in [0.3, 0.4) is 0 Å². The third-order valence-corrected chi connectivity index (χ3v) is 3.95. The van der Waals surface area contributed by atoms with E-state index in [0.29, 0.717) is 13.0 Å². The van der Waals surface area contributed by atoms with Gasteiger partial charge in [-0.25, -0.2) is 0 Å². The van der Waals surface area contributed by atoms with Gasteiger partial charge in [-0.05, 0) is 55.9 Å². The van der Waals surface area contributed by atoms with Crippen LogP contribution in [0.4, 0.5) is 0 Å². The lowest BCUT2D eigenvalue weighted by Gasteiger charge is -2.14. The summed E-state index contributed by atoms with van der Waals surface area (Å²) in [6.45, 7) is 8.83. The highest BCUT2D eigenvalue weighted by Gasteiger charge is 2.14. The van der Waals surface area contributed by atoms with E-state index >= 15 is 0 Å². The fourth-order valence-electron chi connectivity index (χ4n) is 2.15. The number of nitrogens with one attached hydrogen (secondary N) is 1. The fraction of sp³-hybridized carbons (Fsp3) is 0.562. The van der Waals surface area contributed by atoms with E-state index in [1.807, 2.05) is 6.92 Å². The molecule has 0 aliphatic rings. The van der Waals surface area contributed by atoms with Crippen molar-refractivity contribution in [3.8, 4) is 0 Å². The van der Waals surface area contributed by atoms with Gasteiger partial charge in [0, 0.05) is 6.54 Å². The van der Waals surface area contributed by atoms with Crippen molar-refractivity contribution in [2.45, 2.75) is 40.5 Å². The number of rotatable bonds is 6. The van der Waals surface area contributed by atoms with Crippen molar-refractivity contribution in [3.05, 3.63) is 34.4 Å². The average molecular weight is 263 g/mol. The quantitative estimate of drug-likeness (QED) is 0.827. The van der Waals surface area contributed by atoms with E-state index in [4.69, 9.17) is 5.11 Å². The van der Waals surface area contributed by atoms with Crippen molar-refractivity contribution in [3.63, 3.8) is 0 Å². The predicted molar refractivity (Wildman–Crippen MR) is 78.2 cm³/mol. The summed E-state index contributed by atoms with van der Waals surface area (Å²) in [6, 6.07) is 4.26. The molecular weight excluding hydrogens is 238 g/mol. The number of hydrogen-bond acceptors (Lipinski definition) is 2. The summed E-state index contributed by atoms with van der Waals surface area (Å²) < 4.78 is 0. The molecule has 0 fully saturated rings. The number of carbonyl (C=O) groups is 1. The monoisotopic (exact) mass is 263 g/mol. The van der Waals surface area contributed by atoms with E-state index in [2.05, 4.69) is 38.2 Å². The molecule has 0 aromatic heterocycles. The lowest BCUT2D eigenvalue weighted by Crippen LogP contribution is -2.33. The molecule has 0 radical (unpaired) electrons. The van der Waals surface area contributed by atoms with Gasteiger partial charge in [0.1, 0.15) is 0 Å². The van der Waals surface area contributed by atoms with Gasteiger partial charge in [0.25, 0.3) is 0 Å². The highest BCUT2D eigenvalue weighted by Crippen LogP contribution is 2.17. The van der Waals surface area contributed by atoms with Gasteiger partial charge < -0.3 is 10.4 Å². The van der Waals surface area contributed by atoms with Crippen LogP contribution >= 0.6 is 0 Å². The molecule has 0 saturated carbocycles. The predicted octanol–water partition coefficient (Wildman–Crippen LogP) is 2.29. The lowest BCUT2D eigenvalue weighted by atomic mass is 9.97. The van der Waals surface area contributed by atoms with Crippen LogP contribution in [-0.2, 0) is 11.2 Å². The lowest BCUT2D eigenvalue weighted by molar-refractivity contribution is -0.126. The van der Waals surface area contributed by atoms with E-state index in [9.17, 15) is 4.79 Å². The minimum atomic E-state index is -0.277. The molecule has 106 valence electrons. The summed E-state index contributed by atoms with van der Waals surface area (Å²) in [5.74, 6) is -0.327. The molecule has 3 heteroatoms. The zero-order valence-electron chi connectivity index (χ0n) is 12.4. The molecule has 2 N–H and O–H groups in total. The third kappa shape index (κ3) is 4.06. The van der Waals surface area contributed by atoms with Crippen molar-refractivity contribution in [1.82, 2.24) is 5.32 Å². The Bertz CT molecular complexity index is 437. The Kier molecular flexibility index (Phi) is 6.03. The molecule has 0 heterocycles. The number of aliphatic hydroxyl groups is 1. The smallest absolute Gasteiger partial charge is 0.225 e. The zero-order valence-corrected chi connectivity index (χ0v) is 12.4. The van der Waals surface area contributed by atoms with Crippen LogP contribution < -0.4 is 5.32 Å². The average Bonchev–Trinajstić information content (AvgIpc) is 2.40. The first-order valence-corrected chi connectivity index (χ1v) is 6.95. The topological polar surface area (TPSA) is 49.3 Å². The minimum absolute atomic E-state index is 0.0495. The second-order valence-corrected chi connectivity index (χ2v) is 5.12. The first-order chi connectivity index (χ1) is 9.01. The van der Waals surface area contributed by atoms with Crippen LogP contribution in [0, 0.1) is 26.7 Å². The van der Waals surface area contributed by atoms with E-state index in [-0.39, 0.29) is 18.4 Å². The molecule has 3 nitrogen and oxygen atoms in total. The summed E-state index contributed by atoms with van der Waals surface area (Å²) in [6.07, 6.45) is 1.51. The Morgan fingerprint density at radius 3 is 2.53 bits per heavy atom. The molecule has 1 aromatic carbocycles. The van der Waals surface area contributed by atoms with E-state index in [1.54, 1.807) is 0 Å². The van der Waals surface area contributed by atoms with Crippen molar-refractivity contribution >= 4 is 5.91 Å². The zero-order chi connectivity index (χ0) is 14.4. The Morgan fingerprint density at radius 2 is 1.95 bits per heavy atom. The van der Waals surface area contributed by atoms with Crippen LogP contribution in [0.15, 0.2) is 12.1 Å². The van der Waals surface area contributed by atoms with Crippen molar-refractivity contribution in [2.24, 2.45) is 5.92 Å². The van der Waals surface area contributed by atoms with Crippen LogP contribution in [0.1, 0.15) is 35.6 Å². The second kappa shape index (κ2) is 7.29. The number of hydrogen-bond donors (Lipinski definition) is 2. The molecule has 0 aliphatic carbocycles.